The van der Waals surface area contributed by atoms with E-state index in [-0.39, 0.29) is 10.8 Å². The zero-order valence-corrected chi connectivity index (χ0v) is 14.6. The van der Waals surface area contributed by atoms with Gasteiger partial charge in [-0.2, -0.15) is 0 Å². The number of rotatable bonds is 5. The molecule has 0 aromatic heterocycles. The van der Waals surface area contributed by atoms with Crippen LogP contribution in [-0.2, 0) is 10.0 Å². The average Bonchev–Trinajstić information content (AvgIpc) is 2.54. The monoisotopic (exact) mass is 340 g/mol. The van der Waals surface area contributed by atoms with Crippen LogP contribution < -0.4 is 14.9 Å². The van der Waals surface area contributed by atoms with Crippen LogP contribution in [0.25, 0.3) is 0 Å². The number of hydrogen-bond donors (Lipinski definition) is 2. The molecule has 0 saturated carbocycles. The van der Waals surface area contributed by atoms with Gasteiger partial charge in [0.05, 0.1) is 5.69 Å². The van der Waals surface area contributed by atoms with E-state index in [1.165, 1.54) is 13.1 Å². The molecule has 1 saturated heterocycles. The molecular weight excluding hydrogens is 316 g/mol. The van der Waals surface area contributed by atoms with Crippen LogP contribution in [0.15, 0.2) is 23.1 Å². The summed E-state index contributed by atoms with van der Waals surface area (Å²) in [5.74, 6) is -0.303. The Balaban J connectivity index is 2.46. The molecule has 2 rings (SSSR count). The van der Waals surface area contributed by atoms with Gasteiger partial charge in [0.2, 0.25) is 10.0 Å². The SMILES string of the molecule is CCNS(=O)(=O)c1cc(C(=O)NC)ccc1N1CCN(C)CC1. The summed E-state index contributed by atoms with van der Waals surface area (Å²) in [5, 5.41) is 2.52. The maximum atomic E-state index is 12.5. The van der Waals surface area contributed by atoms with Gasteiger partial charge in [-0.3, -0.25) is 4.79 Å². The molecule has 0 spiro atoms. The first-order chi connectivity index (χ1) is 10.9. The van der Waals surface area contributed by atoms with Gasteiger partial charge in [-0.1, -0.05) is 6.92 Å². The fraction of sp³-hybridized carbons (Fsp3) is 0.533. The third-order valence-corrected chi connectivity index (χ3v) is 5.49. The highest BCUT2D eigenvalue weighted by Gasteiger charge is 2.25. The molecule has 1 fully saturated rings. The van der Waals surface area contributed by atoms with Crippen molar-refractivity contribution in [1.82, 2.24) is 14.9 Å². The van der Waals surface area contributed by atoms with Gasteiger partial charge in [-0.05, 0) is 25.2 Å². The van der Waals surface area contributed by atoms with Crippen LogP contribution in [0.2, 0.25) is 0 Å². The van der Waals surface area contributed by atoms with Crippen LogP contribution in [0.4, 0.5) is 5.69 Å². The van der Waals surface area contributed by atoms with Gasteiger partial charge in [-0.25, -0.2) is 13.1 Å². The van der Waals surface area contributed by atoms with Gasteiger partial charge >= 0.3 is 0 Å². The van der Waals surface area contributed by atoms with Crippen molar-refractivity contribution in [3.8, 4) is 0 Å². The average molecular weight is 340 g/mol. The summed E-state index contributed by atoms with van der Waals surface area (Å²) in [7, 11) is -0.0864. The normalized spacial score (nSPS) is 16.4. The van der Waals surface area contributed by atoms with Crippen LogP contribution >= 0.6 is 0 Å². The number of carbonyl (C=O) groups is 1. The van der Waals surface area contributed by atoms with Crippen molar-refractivity contribution in [3.63, 3.8) is 0 Å². The number of nitrogens with one attached hydrogen (secondary N) is 2. The van der Waals surface area contributed by atoms with Crippen LogP contribution in [0.3, 0.4) is 0 Å². The maximum Gasteiger partial charge on any atom is 0.251 e. The first-order valence-corrected chi connectivity index (χ1v) is 9.16. The Morgan fingerprint density at radius 3 is 2.43 bits per heavy atom. The minimum Gasteiger partial charge on any atom is -0.368 e. The summed E-state index contributed by atoms with van der Waals surface area (Å²) >= 11 is 0. The molecule has 1 aliphatic rings. The molecular formula is C15H24N4O3S. The molecule has 1 amide bonds. The number of amides is 1. The fourth-order valence-corrected chi connectivity index (χ4v) is 3.88. The lowest BCUT2D eigenvalue weighted by molar-refractivity contribution is 0.0963. The first-order valence-electron chi connectivity index (χ1n) is 7.68. The molecule has 1 aromatic carbocycles. The molecule has 2 N–H and O–H groups in total. The highest BCUT2D eigenvalue weighted by molar-refractivity contribution is 7.89. The van der Waals surface area contributed by atoms with Gasteiger partial charge in [0.25, 0.3) is 5.91 Å². The number of carbonyl (C=O) groups excluding carboxylic acids is 1. The number of benzene rings is 1. The Hall–Kier alpha value is -1.64. The molecule has 1 heterocycles. The van der Waals surface area contributed by atoms with E-state index in [4.69, 9.17) is 0 Å². The summed E-state index contributed by atoms with van der Waals surface area (Å²) in [5.41, 5.74) is 0.980. The fourth-order valence-electron chi connectivity index (χ4n) is 2.59. The Morgan fingerprint density at radius 1 is 1.22 bits per heavy atom. The summed E-state index contributed by atoms with van der Waals surface area (Å²) in [4.78, 5) is 16.2. The number of sulfonamides is 1. The lowest BCUT2D eigenvalue weighted by atomic mass is 10.1. The Kier molecular flexibility index (Phi) is 5.61. The van der Waals surface area contributed by atoms with Crippen molar-refractivity contribution in [2.75, 3.05) is 51.7 Å². The van der Waals surface area contributed by atoms with E-state index < -0.39 is 10.0 Å². The van der Waals surface area contributed by atoms with Crippen molar-refractivity contribution >= 4 is 21.6 Å². The Bertz CT molecular complexity index is 667. The largest absolute Gasteiger partial charge is 0.368 e. The minimum atomic E-state index is -3.65. The number of likely N-dealkylation sites (N-methyl/N-ethyl adjacent to an activating group) is 1. The van der Waals surface area contributed by atoms with E-state index in [0.29, 0.717) is 17.8 Å². The standard InChI is InChI=1S/C15H24N4O3S/c1-4-17-23(21,22)14-11-12(15(20)16-2)5-6-13(14)19-9-7-18(3)8-10-19/h5-6,11,17H,4,7-10H2,1-3H3,(H,16,20). The number of nitrogens with zero attached hydrogens (tertiary/aromatic N) is 2. The predicted octanol–water partition coefficient (Wildman–Crippen LogP) is 0.0962. The molecule has 128 valence electrons. The molecule has 0 aliphatic carbocycles. The van der Waals surface area contributed by atoms with E-state index in [1.54, 1.807) is 19.1 Å². The summed E-state index contributed by atoms with van der Waals surface area (Å²) in [6.07, 6.45) is 0. The lowest BCUT2D eigenvalue weighted by Gasteiger charge is -2.35. The second kappa shape index (κ2) is 7.29. The number of anilines is 1. The minimum absolute atomic E-state index is 0.157. The lowest BCUT2D eigenvalue weighted by Crippen LogP contribution is -2.45. The van der Waals surface area contributed by atoms with E-state index in [0.717, 1.165) is 26.2 Å². The highest BCUT2D eigenvalue weighted by Crippen LogP contribution is 2.27. The topological polar surface area (TPSA) is 81.7 Å². The molecule has 0 atom stereocenters. The number of piperazine rings is 1. The summed E-state index contributed by atoms with van der Waals surface area (Å²) in [6.45, 7) is 5.29. The zero-order chi connectivity index (χ0) is 17.0. The van der Waals surface area contributed by atoms with Crippen molar-refractivity contribution in [3.05, 3.63) is 23.8 Å². The van der Waals surface area contributed by atoms with Gasteiger partial charge in [0.15, 0.2) is 0 Å². The van der Waals surface area contributed by atoms with Gasteiger partial charge in [-0.15, -0.1) is 0 Å². The number of hydrogen-bond acceptors (Lipinski definition) is 5. The first kappa shape index (κ1) is 17.7. The molecule has 8 heteroatoms. The van der Waals surface area contributed by atoms with Gasteiger partial charge < -0.3 is 15.1 Å². The Labute approximate surface area is 137 Å². The second-order valence-corrected chi connectivity index (χ2v) is 7.29. The van der Waals surface area contributed by atoms with E-state index in [2.05, 4.69) is 19.8 Å². The van der Waals surface area contributed by atoms with Gasteiger partial charge in [0, 0.05) is 45.3 Å². The third-order valence-electron chi connectivity index (χ3n) is 3.92. The van der Waals surface area contributed by atoms with Gasteiger partial charge in [0.1, 0.15) is 4.90 Å². The second-order valence-electron chi connectivity index (χ2n) is 5.55. The molecule has 0 radical (unpaired) electrons. The van der Waals surface area contributed by atoms with Crippen molar-refractivity contribution in [2.45, 2.75) is 11.8 Å². The quantitative estimate of drug-likeness (QED) is 0.794. The van der Waals surface area contributed by atoms with Crippen LogP contribution in [0, 0.1) is 0 Å². The van der Waals surface area contributed by atoms with E-state index >= 15 is 0 Å². The zero-order valence-electron chi connectivity index (χ0n) is 13.8. The van der Waals surface area contributed by atoms with E-state index in [9.17, 15) is 13.2 Å². The smallest absolute Gasteiger partial charge is 0.251 e. The predicted molar refractivity (Wildman–Crippen MR) is 90.4 cm³/mol. The van der Waals surface area contributed by atoms with Crippen LogP contribution in [0.5, 0.6) is 0 Å². The summed E-state index contributed by atoms with van der Waals surface area (Å²) < 4.78 is 27.6. The molecule has 7 nitrogen and oxygen atoms in total. The molecule has 0 unspecified atom stereocenters. The Morgan fingerprint density at radius 2 is 1.87 bits per heavy atom. The molecule has 23 heavy (non-hydrogen) atoms. The van der Waals surface area contributed by atoms with Crippen LogP contribution in [0.1, 0.15) is 17.3 Å². The maximum absolute atomic E-state index is 12.5. The molecule has 0 bridgehead atoms. The van der Waals surface area contributed by atoms with Crippen molar-refractivity contribution in [1.29, 1.82) is 0 Å². The van der Waals surface area contributed by atoms with E-state index in [1.807, 2.05) is 7.05 Å². The third kappa shape index (κ3) is 4.01. The molecule has 1 aliphatic heterocycles. The van der Waals surface area contributed by atoms with Crippen molar-refractivity contribution < 1.29 is 13.2 Å². The summed E-state index contributed by atoms with van der Waals surface area (Å²) in [6, 6.07) is 4.84. The van der Waals surface area contributed by atoms with Crippen molar-refractivity contribution in [2.24, 2.45) is 0 Å². The molecule has 1 aromatic rings. The van der Waals surface area contributed by atoms with Crippen LogP contribution in [-0.4, -0.2) is 66.0 Å². The highest BCUT2D eigenvalue weighted by atomic mass is 32.2.